The van der Waals surface area contributed by atoms with E-state index in [0.717, 1.165) is 27.5 Å². The van der Waals surface area contributed by atoms with Crippen LogP contribution in [0.2, 0.25) is 0 Å². The molecule has 0 saturated heterocycles. The summed E-state index contributed by atoms with van der Waals surface area (Å²) < 4.78 is 5.82. The highest BCUT2D eigenvalue weighted by Gasteiger charge is 2.12. The van der Waals surface area contributed by atoms with Crippen LogP contribution < -0.4 is 0 Å². The zero-order valence-electron chi connectivity index (χ0n) is 11.1. The van der Waals surface area contributed by atoms with Gasteiger partial charge in [0.25, 0.3) is 0 Å². The quantitative estimate of drug-likeness (QED) is 0.781. The SMILES string of the molecule is CN(C)CC(O)c1ccc2c(c1)oc1ccccc12. The summed E-state index contributed by atoms with van der Waals surface area (Å²) in [4.78, 5) is 1.97. The lowest BCUT2D eigenvalue weighted by Gasteiger charge is -2.15. The highest BCUT2D eigenvalue weighted by molar-refractivity contribution is 6.04. The minimum absolute atomic E-state index is 0.493. The lowest BCUT2D eigenvalue weighted by molar-refractivity contribution is 0.138. The summed E-state index contributed by atoms with van der Waals surface area (Å²) in [6.07, 6.45) is -0.493. The van der Waals surface area contributed by atoms with Crippen molar-refractivity contribution in [3.05, 3.63) is 48.0 Å². The number of fused-ring (bicyclic) bond motifs is 3. The molecule has 3 heteroatoms. The Balaban J connectivity index is 2.08. The minimum Gasteiger partial charge on any atom is -0.456 e. The van der Waals surface area contributed by atoms with Gasteiger partial charge >= 0.3 is 0 Å². The standard InChI is InChI=1S/C16H17NO2/c1-17(2)10-14(18)11-7-8-13-12-5-3-4-6-15(12)19-16(13)9-11/h3-9,14,18H,10H2,1-2H3. The molecule has 3 aromatic rings. The third-order valence-electron chi connectivity index (χ3n) is 3.33. The van der Waals surface area contributed by atoms with Gasteiger partial charge in [0.15, 0.2) is 0 Å². The molecule has 3 nitrogen and oxygen atoms in total. The van der Waals surface area contributed by atoms with Gasteiger partial charge < -0.3 is 14.4 Å². The molecule has 0 aliphatic rings. The first-order valence-corrected chi connectivity index (χ1v) is 6.39. The van der Waals surface area contributed by atoms with E-state index < -0.39 is 6.10 Å². The second-order valence-electron chi connectivity index (χ2n) is 5.13. The van der Waals surface area contributed by atoms with E-state index in [4.69, 9.17) is 4.42 Å². The van der Waals surface area contributed by atoms with Crippen LogP contribution in [0.4, 0.5) is 0 Å². The van der Waals surface area contributed by atoms with Crippen LogP contribution in [0.1, 0.15) is 11.7 Å². The molecule has 2 aromatic carbocycles. The van der Waals surface area contributed by atoms with Crippen LogP contribution >= 0.6 is 0 Å². The maximum atomic E-state index is 10.1. The van der Waals surface area contributed by atoms with Crippen LogP contribution in [0, 0.1) is 0 Å². The van der Waals surface area contributed by atoms with Crippen LogP contribution in [0.5, 0.6) is 0 Å². The Labute approximate surface area is 112 Å². The van der Waals surface area contributed by atoms with Gasteiger partial charge in [-0.05, 0) is 31.8 Å². The molecule has 1 atom stereocenters. The Morgan fingerprint density at radius 1 is 1.05 bits per heavy atom. The van der Waals surface area contributed by atoms with Crippen molar-refractivity contribution in [3.8, 4) is 0 Å². The van der Waals surface area contributed by atoms with Gasteiger partial charge in [0.2, 0.25) is 0 Å². The fourth-order valence-corrected chi connectivity index (χ4v) is 2.40. The molecule has 1 unspecified atom stereocenters. The van der Waals surface area contributed by atoms with Crippen LogP contribution in [-0.2, 0) is 0 Å². The third-order valence-corrected chi connectivity index (χ3v) is 3.33. The van der Waals surface area contributed by atoms with Crippen molar-refractivity contribution < 1.29 is 9.52 Å². The Morgan fingerprint density at radius 2 is 1.79 bits per heavy atom. The molecule has 1 heterocycles. The summed E-state index contributed by atoms with van der Waals surface area (Å²) in [6, 6.07) is 13.9. The molecule has 0 bridgehead atoms. The topological polar surface area (TPSA) is 36.6 Å². The highest BCUT2D eigenvalue weighted by atomic mass is 16.3. The number of benzene rings is 2. The Hall–Kier alpha value is -1.84. The van der Waals surface area contributed by atoms with Gasteiger partial charge in [0.05, 0.1) is 6.10 Å². The first-order chi connectivity index (χ1) is 9.15. The minimum atomic E-state index is -0.493. The Bertz CT molecular complexity index is 715. The average Bonchev–Trinajstić information content (AvgIpc) is 2.75. The maximum absolute atomic E-state index is 10.1. The lowest BCUT2D eigenvalue weighted by Crippen LogP contribution is -2.19. The zero-order valence-corrected chi connectivity index (χ0v) is 11.1. The normalized spacial score (nSPS) is 13.5. The molecular weight excluding hydrogens is 238 g/mol. The molecule has 1 aromatic heterocycles. The predicted octanol–water partition coefficient (Wildman–Crippen LogP) is 3.18. The Morgan fingerprint density at radius 3 is 2.58 bits per heavy atom. The van der Waals surface area contributed by atoms with E-state index in [0.29, 0.717) is 6.54 Å². The largest absolute Gasteiger partial charge is 0.456 e. The molecule has 0 saturated carbocycles. The monoisotopic (exact) mass is 255 g/mol. The molecule has 0 spiro atoms. The number of furan rings is 1. The first kappa shape index (κ1) is 12.2. The fraction of sp³-hybridized carbons (Fsp3) is 0.250. The van der Waals surface area contributed by atoms with Gasteiger partial charge in [-0.1, -0.05) is 30.3 Å². The van der Waals surface area contributed by atoms with Crippen molar-refractivity contribution in [1.82, 2.24) is 4.90 Å². The molecule has 0 amide bonds. The lowest BCUT2D eigenvalue weighted by atomic mass is 10.1. The van der Waals surface area contributed by atoms with Crippen molar-refractivity contribution in [2.24, 2.45) is 0 Å². The van der Waals surface area contributed by atoms with Crippen LogP contribution in [0.25, 0.3) is 21.9 Å². The molecular formula is C16H17NO2. The van der Waals surface area contributed by atoms with Crippen molar-refractivity contribution in [3.63, 3.8) is 0 Å². The van der Waals surface area contributed by atoms with E-state index in [1.807, 2.05) is 55.4 Å². The molecule has 0 aliphatic heterocycles. The van der Waals surface area contributed by atoms with Gasteiger partial charge in [-0.2, -0.15) is 0 Å². The molecule has 0 aliphatic carbocycles. The van der Waals surface area contributed by atoms with Gasteiger partial charge in [-0.3, -0.25) is 0 Å². The van der Waals surface area contributed by atoms with E-state index >= 15 is 0 Å². The smallest absolute Gasteiger partial charge is 0.135 e. The molecule has 19 heavy (non-hydrogen) atoms. The molecule has 1 N–H and O–H groups in total. The van der Waals surface area contributed by atoms with Crippen molar-refractivity contribution in [2.45, 2.75) is 6.10 Å². The summed E-state index contributed by atoms with van der Waals surface area (Å²) in [5.74, 6) is 0. The van der Waals surface area contributed by atoms with Crippen LogP contribution in [-0.4, -0.2) is 30.6 Å². The summed E-state index contributed by atoms with van der Waals surface area (Å²) in [5, 5.41) is 12.4. The molecule has 98 valence electrons. The number of hydrogen-bond acceptors (Lipinski definition) is 3. The van der Waals surface area contributed by atoms with Crippen molar-refractivity contribution >= 4 is 21.9 Å². The van der Waals surface area contributed by atoms with Gasteiger partial charge in [-0.15, -0.1) is 0 Å². The van der Waals surface area contributed by atoms with E-state index in [9.17, 15) is 5.11 Å². The summed E-state index contributed by atoms with van der Waals surface area (Å²) in [7, 11) is 3.89. The summed E-state index contributed by atoms with van der Waals surface area (Å²) in [5.41, 5.74) is 2.61. The number of nitrogens with zero attached hydrogens (tertiary/aromatic N) is 1. The van der Waals surface area contributed by atoms with Crippen molar-refractivity contribution in [1.29, 1.82) is 0 Å². The maximum Gasteiger partial charge on any atom is 0.135 e. The number of likely N-dealkylation sites (N-methyl/N-ethyl adjacent to an activating group) is 1. The third kappa shape index (κ3) is 2.23. The van der Waals surface area contributed by atoms with Crippen molar-refractivity contribution in [2.75, 3.05) is 20.6 Å². The molecule has 0 radical (unpaired) electrons. The number of aliphatic hydroxyl groups is 1. The first-order valence-electron chi connectivity index (χ1n) is 6.39. The van der Waals surface area contributed by atoms with E-state index in [-0.39, 0.29) is 0 Å². The molecule has 3 rings (SSSR count). The number of hydrogen-bond donors (Lipinski definition) is 1. The second-order valence-corrected chi connectivity index (χ2v) is 5.13. The van der Waals surface area contributed by atoms with Gasteiger partial charge in [0.1, 0.15) is 11.2 Å². The van der Waals surface area contributed by atoms with E-state index in [1.54, 1.807) is 0 Å². The number of para-hydroxylation sites is 1. The average molecular weight is 255 g/mol. The van der Waals surface area contributed by atoms with Crippen LogP contribution in [0.15, 0.2) is 46.9 Å². The van der Waals surface area contributed by atoms with Gasteiger partial charge in [0, 0.05) is 17.3 Å². The van der Waals surface area contributed by atoms with E-state index in [2.05, 4.69) is 6.07 Å². The zero-order chi connectivity index (χ0) is 13.4. The summed E-state index contributed by atoms with van der Waals surface area (Å²) >= 11 is 0. The van der Waals surface area contributed by atoms with Gasteiger partial charge in [-0.25, -0.2) is 0 Å². The Kier molecular flexibility index (Phi) is 3.01. The van der Waals surface area contributed by atoms with Crippen LogP contribution in [0.3, 0.4) is 0 Å². The molecule has 0 fully saturated rings. The summed E-state index contributed by atoms with van der Waals surface area (Å²) in [6.45, 7) is 0.603. The highest BCUT2D eigenvalue weighted by Crippen LogP contribution is 2.30. The number of rotatable bonds is 3. The number of aliphatic hydroxyl groups excluding tert-OH is 1. The predicted molar refractivity (Wildman–Crippen MR) is 77.2 cm³/mol. The fourth-order valence-electron chi connectivity index (χ4n) is 2.40. The van der Waals surface area contributed by atoms with E-state index in [1.165, 1.54) is 0 Å². The second kappa shape index (κ2) is 4.68.